The molecule has 1 aliphatic rings. The summed E-state index contributed by atoms with van der Waals surface area (Å²) in [6, 6.07) is 23.7. The number of hydrogen-bond donors (Lipinski definition) is 0. The summed E-state index contributed by atoms with van der Waals surface area (Å²) in [5.74, 6) is 1.05. The minimum absolute atomic E-state index is 0.168. The van der Waals surface area contributed by atoms with Crippen LogP contribution in [0.4, 0.5) is 10.5 Å². The molecule has 0 saturated carbocycles. The highest BCUT2D eigenvalue weighted by Crippen LogP contribution is 2.32. The van der Waals surface area contributed by atoms with E-state index < -0.39 is 8.07 Å². The number of piperidine rings is 1. The zero-order valence-corrected chi connectivity index (χ0v) is 28.9. The molecule has 1 atom stereocenters. The zero-order chi connectivity index (χ0) is 31.5. The molecule has 1 fully saturated rings. The minimum Gasteiger partial charge on any atom is -0.484 e. The van der Waals surface area contributed by atoms with Crippen LogP contribution < -0.4 is 9.64 Å². The number of para-hydroxylation sites is 2. The van der Waals surface area contributed by atoms with Gasteiger partial charge in [-0.1, -0.05) is 69.0 Å². The van der Waals surface area contributed by atoms with E-state index in [4.69, 9.17) is 9.47 Å². The highest BCUT2D eigenvalue weighted by Gasteiger charge is 2.29. The van der Waals surface area contributed by atoms with Gasteiger partial charge in [0.2, 0.25) is 5.91 Å². The van der Waals surface area contributed by atoms with Crippen LogP contribution in [0.15, 0.2) is 72.1 Å². The average molecular weight is 636 g/mol. The standard InChI is InChI=1S/C35H49N3O4SSi/c1-6-34(39)38(29-14-8-7-9-15-29)30-18-22-37(23-19-30)27-28-13-10-11-16-31(28)42-32(33-17-12-25-43-33)20-21-36(2)35(40)41-24-26-44(3,4)5/h7-17,25,30,32H,6,18-24,26-27H2,1-5H3. The molecule has 1 aromatic heterocycles. The van der Waals surface area contributed by atoms with Gasteiger partial charge >= 0.3 is 6.09 Å². The van der Waals surface area contributed by atoms with E-state index in [1.807, 2.05) is 60.4 Å². The van der Waals surface area contributed by atoms with Crippen molar-refractivity contribution in [1.82, 2.24) is 9.80 Å². The predicted molar refractivity (Wildman–Crippen MR) is 183 cm³/mol. The van der Waals surface area contributed by atoms with Crippen molar-refractivity contribution in [2.75, 3.05) is 38.2 Å². The topological polar surface area (TPSA) is 62.3 Å². The van der Waals surface area contributed by atoms with E-state index in [9.17, 15) is 9.59 Å². The van der Waals surface area contributed by atoms with Gasteiger partial charge in [-0.15, -0.1) is 11.3 Å². The molecular weight excluding hydrogens is 587 g/mol. The summed E-state index contributed by atoms with van der Waals surface area (Å²) in [4.78, 5) is 32.8. The maximum Gasteiger partial charge on any atom is 0.409 e. The molecule has 1 saturated heterocycles. The van der Waals surface area contributed by atoms with Crippen molar-refractivity contribution in [2.24, 2.45) is 0 Å². The van der Waals surface area contributed by atoms with Crippen LogP contribution in [0, 0.1) is 0 Å². The van der Waals surface area contributed by atoms with Crippen LogP contribution in [-0.2, 0) is 16.1 Å². The quantitative estimate of drug-likeness (QED) is 0.168. The molecule has 2 heterocycles. The van der Waals surface area contributed by atoms with Gasteiger partial charge in [0.25, 0.3) is 0 Å². The van der Waals surface area contributed by atoms with Crippen LogP contribution >= 0.6 is 11.3 Å². The number of carbonyl (C=O) groups is 2. The second-order valence-electron chi connectivity index (χ2n) is 12.8. The van der Waals surface area contributed by atoms with Crippen LogP contribution in [0.3, 0.4) is 0 Å². The van der Waals surface area contributed by atoms with E-state index in [-0.39, 0.29) is 24.1 Å². The fraction of sp³-hybridized carbons (Fsp3) is 0.486. The molecule has 2 aromatic carbocycles. The number of ether oxygens (including phenoxy) is 2. The lowest BCUT2D eigenvalue weighted by Gasteiger charge is -2.38. The second-order valence-corrected chi connectivity index (χ2v) is 19.4. The summed E-state index contributed by atoms with van der Waals surface area (Å²) in [5, 5.41) is 2.07. The molecule has 44 heavy (non-hydrogen) atoms. The number of likely N-dealkylation sites (tertiary alicyclic amines) is 1. The van der Waals surface area contributed by atoms with Gasteiger partial charge in [0.1, 0.15) is 11.9 Å². The third kappa shape index (κ3) is 9.94. The summed E-state index contributed by atoms with van der Waals surface area (Å²) >= 11 is 1.68. The first-order chi connectivity index (χ1) is 21.1. The van der Waals surface area contributed by atoms with Gasteiger partial charge in [-0.3, -0.25) is 9.69 Å². The van der Waals surface area contributed by atoms with E-state index >= 15 is 0 Å². The van der Waals surface area contributed by atoms with E-state index in [0.29, 0.717) is 26.0 Å². The van der Waals surface area contributed by atoms with Gasteiger partial charge in [0.15, 0.2) is 0 Å². The number of anilines is 1. The van der Waals surface area contributed by atoms with Crippen LogP contribution in [0.25, 0.3) is 0 Å². The first-order valence-electron chi connectivity index (χ1n) is 15.9. The number of hydrogen-bond acceptors (Lipinski definition) is 6. The predicted octanol–water partition coefficient (Wildman–Crippen LogP) is 8.07. The fourth-order valence-corrected chi connectivity index (χ4v) is 6.99. The van der Waals surface area contributed by atoms with Gasteiger partial charge in [-0.25, -0.2) is 4.79 Å². The Hall–Kier alpha value is -3.14. The van der Waals surface area contributed by atoms with Crippen LogP contribution in [-0.4, -0.2) is 69.2 Å². The lowest BCUT2D eigenvalue weighted by Crippen LogP contribution is -2.47. The number of benzene rings is 2. The van der Waals surface area contributed by atoms with Crippen molar-refractivity contribution in [3.8, 4) is 5.75 Å². The molecule has 9 heteroatoms. The molecule has 4 rings (SSSR count). The highest BCUT2D eigenvalue weighted by atomic mass is 32.1. The Morgan fingerprint density at radius 1 is 1.00 bits per heavy atom. The van der Waals surface area contributed by atoms with Crippen molar-refractivity contribution < 1.29 is 19.1 Å². The zero-order valence-electron chi connectivity index (χ0n) is 27.0. The Labute approximate surface area is 268 Å². The normalized spacial score (nSPS) is 15.0. The Morgan fingerprint density at radius 3 is 2.36 bits per heavy atom. The molecule has 0 radical (unpaired) electrons. The smallest absolute Gasteiger partial charge is 0.409 e. The molecule has 0 aliphatic carbocycles. The maximum atomic E-state index is 12.9. The minimum atomic E-state index is -1.26. The molecule has 1 unspecified atom stereocenters. The molecule has 238 valence electrons. The SMILES string of the molecule is CCC(=O)N(c1ccccc1)C1CCN(Cc2ccccc2OC(CCN(C)C(=O)OCC[Si](C)(C)C)c2cccs2)CC1. The largest absolute Gasteiger partial charge is 0.484 e. The van der Waals surface area contributed by atoms with Crippen molar-refractivity contribution in [3.05, 3.63) is 82.6 Å². The Balaban J connectivity index is 1.36. The Kier molecular flexibility index (Phi) is 12.5. The van der Waals surface area contributed by atoms with Gasteiger partial charge in [-0.05, 0) is 48.5 Å². The molecule has 3 aromatic rings. The first-order valence-corrected chi connectivity index (χ1v) is 20.5. The summed E-state index contributed by atoms with van der Waals surface area (Å²) in [6.45, 7) is 12.4. The molecule has 1 aliphatic heterocycles. The lowest BCUT2D eigenvalue weighted by atomic mass is 10.0. The van der Waals surface area contributed by atoms with Crippen LogP contribution in [0.2, 0.25) is 25.7 Å². The number of thiophene rings is 1. The number of carbonyl (C=O) groups excluding carboxylic acids is 2. The van der Waals surface area contributed by atoms with Gasteiger partial charge in [0, 0.05) is 76.3 Å². The summed E-state index contributed by atoms with van der Waals surface area (Å²) in [5.41, 5.74) is 2.14. The van der Waals surface area contributed by atoms with E-state index in [1.54, 1.807) is 23.3 Å². The molecular formula is C35H49N3O4SSi. The first kappa shape index (κ1) is 33.7. The van der Waals surface area contributed by atoms with E-state index in [0.717, 1.165) is 60.4 Å². The summed E-state index contributed by atoms with van der Waals surface area (Å²) in [6.07, 6.45) is 2.59. The van der Waals surface area contributed by atoms with Gasteiger partial charge in [-0.2, -0.15) is 0 Å². The monoisotopic (exact) mass is 635 g/mol. The Morgan fingerprint density at radius 2 is 1.70 bits per heavy atom. The highest BCUT2D eigenvalue weighted by molar-refractivity contribution is 7.10. The molecule has 0 N–H and O–H groups in total. The van der Waals surface area contributed by atoms with E-state index in [2.05, 4.69) is 48.1 Å². The maximum absolute atomic E-state index is 12.9. The number of nitrogens with zero attached hydrogens (tertiary/aromatic N) is 3. The molecule has 2 amide bonds. The van der Waals surface area contributed by atoms with Crippen molar-refractivity contribution in [2.45, 2.75) is 77.0 Å². The Bertz CT molecular complexity index is 1310. The van der Waals surface area contributed by atoms with Crippen molar-refractivity contribution in [3.63, 3.8) is 0 Å². The second kappa shape index (κ2) is 16.2. The van der Waals surface area contributed by atoms with Crippen molar-refractivity contribution >= 4 is 37.1 Å². The third-order valence-corrected chi connectivity index (χ3v) is 10.8. The van der Waals surface area contributed by atoms with Crippen LogP contribution in [0.5, 0.6) is 5.75 Å². The molecule has 7 nitrogen and oxygen atoms in total. The summed E-state index contributed by atoms with van der Waals surface area (Å²) < 4.78 is 12.3. The third-order valence-electron chi connectivity index (χ3n) is 8.14. The number of rotatable bonds is 14. The number of amides is 2. The van der Waals surface area contributed by atoms with Gasteiger partial charge in [0.05, 0.1) is 6.61 Å². The summed E-state index contributed by atoms with van der Waals surface area (Å²) in [7, 11) is 0.539. The van der Waals surface area contributed by atoms with Gasteiger partial charge < -0.3 is 19.3 Å². The molecule has 0 spiro atoms. The average Bonchev–Trinajstić information content (AvgIpc) is 3.56. The van der Waals surface area contributed by atoms with E-state index in [1.165, 1.54) is 0 Å². The van der Waals surface area contributed by atoms with Crippen LogP contribution in [0.1, 0.15) is 49.2 Å². The van der Waals surface area contributed by atoms with Crippen molar-refractivity contribution in [1.29, 1.82) is 0 Å². The lowest BCUT2D eigenvalue weighted by molar-refractivity contribution is -0.119. The fourth-order valence-electron chi connectivity index (χ4n) is 5.49. The molecule has 0 bridgehead atoms.